The first-order valence-corrected chi connectivity index (χ1v) is 12.5. The molecule has 2 heterocycles. The molecule has 2 aromatic carbocycles. The normalized spacial score (nSPS) is 11.9. The van der Waals surface area contributed by atoms with Crippen LogP contribution in [0.25, 0.3) is 5.65 Å². The number of fused-ring (bicyclic) bond motifs is 1. The molecular weight excluding hydrogens is 474 g/mol. The van der Waals surface area contributed by atoms with Gasteiger partial charge in [-0.1, -0.05) is 61.0 Å². The van der Waals surface area contributed by atoms with Gasteiger partial charge in [0.05, 0.1) is 37.2 Å². The predicted molar refractivity (Wildman–Crippen MR) is 143 cm³/mol. The second-order valence-corrected chi connectivity index (χ2v) is 9.37. The Morgan fingerprint density at radius 3 is 2.58 bits per heavy atom. The molecule has 36 heavy (non-hydrogen) atoms. The zero-order valence-corrected chi connectivity index (χ0v) is 21.7. The Labute approximate surface area is 217 Å². The first-order valence-electron chi connectivity index (χ1n) is 12.1. The molecule has 0 radical (unpaired) electrons. The van der Waals surface area contributed by atoms with Gasteiger partial charge >= 0.3 is 0 Å². The molecule has 188 valence electrons. The Bertz CT molecular complexity index is 1320. The third-order valence-corrected chi connectivity index (χ3v) is 6.79. The summed E-state index contributed by atoms with van der Waals surface area (Å²) in [7, 11) is 3.17. The van der Waals surface area contributed by atoms with Crippen LogP contribution in [-0.2, 0) is 24.2 Å². The summed E-state index contributed by atoms with van der Waals surface area (Å²) in [6, 6.07) is 20.1. The molecule has 6 nitrogen and oxygen atoms in total. The predicted octanol–water partition coefficient (Wildman–Crippen LogP) is 5.87. The third-order valence-electron chi connectivity index (χ3n) is 6.38. The van der Waals surface area contributed by atoms with Gasteiger partial charge in [0.15, 0.2) is 11.5 Å². The summed E-state index contributed by atoms with van der Waals surface area (Å²) in [6.45, 7) is 2.53. The molecule has 4 aromatic rings. The molecule has 0 saturated carbocycles. The minimum Gasteiger partial charge on any atom is -0.493 e. The number of rotatable bonds is 11. The first kappa shape index (κ1) is 25.6. The van der Waals surface area contributed by atoms with Gasteiger partial charge in [0.25, 0.3) is 0 Å². The quantitative estimate of drug-likeness (QED) is 0.277. The maximum atomic E-state index is 12.7. The van der Waals surface area contributed by atoms with Crippen LogP contribution in [0.2, 0.25) is 5.02 Å². The summed E-state index contributed by atoms with van der Waals surface area (Å²) >= 11 is 6.53. The lowest BCUT2D eigenvalue weighted by molar-refractivity contribution is -0.121. The molecule has 0 saturated heterocycles. The van der Waals surface area contributed by atoms with Gasteiger partial charge in [0.1, 0.15) is 5.65 Å². The van der Waals surface area contributed by atoms with E-state index in [0.717, 1.165) is 41.9 Å². The highest BCUT2D eigenvalue weighted by atomic mass is 35.5. The van der Waals surface area contributed by atoms with E-state index in [4.69, 9.17) is 26.1 Å². The molecule has 0 bridgehead atoms. The van der Waals surface area contributed by atoms with Crippen LogP contribution >= 0.6 is 11.6 Å². The molecular formula is C29H32ClN3O3. The topological polar surface area (TPSA) is 64.9 Å². The zero-order valence-electron chi connectivity index (χ0n) is 21.0. The van der Waals surface area contributed by atoms with Crippen molar-refractivity contribution in [3.63, 3.8) is 0 Å². The number of halogens is 1. The number of carbonyl (C=O) groups is 1. The minimum absolute atomic E-state index is 0.0166. The largest absolute Gasteiger partial charge is 0.493 e. The van der Waals surface area contributed by atoms with E-state index < -0.39 is 0 Å². The maximum absolute atomic E-state index is 12.7. The van der Waals surface area contributed by atoms with Crippen molar-refractivity contribution < 1.29 is 14.3 Å². The summed E-state index contributed by atoms with van der Waals surface area (Å²) in [4.78, 5) is 17.5. The van der Waals surface area contributed by atoms with Gasteiger partial charge in [-0.05, 0) is 48.1 Å². The summed E-state index contributed by atoms with van der Waals surface area (Å²) in [5.74, 6) is 1.44. The number of hydrogen-bond acceptors (Lipinski definition) is 4. The fourth-order valence-corrected chi connectivity index (χ4v) is 4.74. The number of nitrogens with zero attached hydrogens (tertiary/aromatic N) is 2. The van der Waals surface area contributed by atoms with Crippen molar-refractivity contribution in [3.05, 3.63) is 94.4 Å². The summed E-state index contributed by atoms with van der Waals surface area (Å²) < 4.78 is 12.8. The maximum Gasteiger partial charge on any atom is 0.220 e. The fraction of sp³-hybridized carbons (Fsp3) is 0.310. The lowest BCUT2D eigenvalue weighted by Gasteiger charge is -2.16. The zero-order chi connectivity index (χ0) is 25.5. The minimum atomic E-state index is 0.0166. The van der Waals surface area contributed by atoms with E-state index >= 15 is 0 Å². The first-order chi connectivity index (χ1) is 17.5. The van der Waals surface area contributed by atoms with E-state index in [1.165, 1.54) is 5.56 Å². The number of aromatic nitrogens is 2. The lowest BCUT2D eigenvalue weighted by atomic mass is 9.96. The van der Waals surface area contributed by atoms with E-state index in [-0.39, 0.29) is 11.8 Å². The highest BCUT2D eigenvalue weighted by Gasteiger charge is 2.17. The van der Waals surface area contributed by atoms with Gasteiger partial charge in [-0.15, -0.1) is 0 Å². The molecule has 0 aliphatic heterocycles. The molecule has 0 aliphatic carbocycles. The van der Waals surface area contributed by atoms with Crippen molar-refractivity contribution in [2.45, 2.75) is 39.2 Å². The van der Waals surface area contributed by atoms with Crippen molar-refractivity contribution in [2.75, 3.05) is 14.2 Å². The van der Waals surface area contributed by atoms with Crippen LogP contribution in [0, 0.1) is 5.92 Å². The van der Waals surface area contributed by atoms with E-state index in [9.17, 15) is 4.79 Å². The van der Waals surface area contributed by atoms with Gasteiger partial charge in [-0.3, -0.25) is 4.79 Å². The summed E-state index contributed by atoms with van der Waals surface area (Å²) in [5, 5.41) is 3.63. The Kier molecular flexibility index (Phi) is 8.49. The van der Waals surface area contributed by atoms with Gasteiger partial charge in [0, 0.05) is 19.0 Å². The second kappa shape index (κ2) is 12.0. The van der Waals surface area contributed by atoms with Gasteiger partial charge in [-0.25, -0.2) is 4.98 Å². The Morgan fingerprint density at radius 1 is 1.06 bits per heavy atom. The van der Waals surface area contributed by atoms with Crippen LogP contribution in [0.15, 0.2) is 66.9 Å². The molecule has 1 unspecified atom stereocenters. The third kappa shape index (κ3) is 6.00. The number of ether oxygens (including phenoxy) is 2. The number of benzene rings is 2. The molecule has 7 heteroatoms. The van der Waals surface area contributed by atoms with Crippen LogP contribution in [0.3, 0.4) is 0 Å². The van der Waals surface area contributed by atoms with Crippen LogP contribution in [0.1, 0.15) is 42.3 Å². The monoisotopic (exact) mass is 505 g/mol. The number of imidazole rings is 1. The van der Waals surface area contributed by atoms with Crippen LogP contribution in [0.5, 0.6) is 11.5 Å². The van der Waals surface area contributed by atoms with Gasteiger partial charge in [-0.2, -0.15) is 0 Å². The van der Waals surface area contributed by atoms with Crippen LogP contribution < -0.4 is 14.8 Å². The molecule has 1 atom stereocenters. The molecule has 0 spiro atoms. The molecule has 4 rings (SSSR count). The van der Waals surface area contributed by atoms with Gasteiger partial charge in [0.2, 0.25) is 5.91 Å². The Balaban J connectivity index is 1.36. The number of carbonyl (C=O) groups excluding carboxylic acids is 1. The summed E-state index contributed by atoms with van der Waals surface area (Å²) in [6.07, 6.45) is 4.71. The fourth-order valence-electron chi connectivity index (χ4n) is 4.43. The van der Waals surface area contributed by atoms with E-state index in [1.807, 2.05) is 54.7 Å². The average molecular weight is 506 g/mol. The van der Waals surface area contributed by atoms with E-state index in [1.54, 1.807) is 14.2 Å². The standard InChI is InChI=1S/C29H32ClN3O3/c1-20(17-22-13-14-25(35-2)29(36-3)28(22)30)12-15-27(34)31-19-23-24(18-21-9-5-4-6-10-21)33-16-8-7-11-26(33)32-23/h4-11,13-14,16,20H,12,15,17-19H2,1-3H3,(H,31,34). The smallest absolute Gasteiger partial charge is 0.220 e. The lowest BCUT2D eigenvalue weighted by Crippen LogP contribution is -2.24. The number of methoxy groups -OCH3 is 2. The molecule has 2 aromatic heterocycles. The number of nitrogens with one attached hydrogen (secondary N) is 1. The second-order valence-electron chi connectivity index (χ2n) is 9.00. The highest BCUT2D eigenvalue weighted by molar-refractivity contribution is 6.33. The van der Waals surface area contributed by atoms with Crippen LogP contribution in [0.4, 0.5) is 0 Å². The van der Waals surface area contributed by atoms with Crippen LogP contribution in [-0.4, -0.2) is 29.5 Å². The van der Waals surface area contributed by atoms with E-state index in [2.05, 4.69) is 28.8 Å². The van der Waals surface area contributed by atoms with Crippen molar-refractivity contribution in [2.24, 2.45) is 5.92 Å². The van der Waals surface area contributed by atoms with Crippen molar-refractivity contribution in [3.8, 4) is 11.5 Å². The number of pyridine rings is 1. The Hall–Kier alpha value is -3.51. The number of hydrogen-bond donors (Lipinski definition) is 1. The molecule has 1 N–H and O–H groups in total. The number of amides is 1. The molecule has 0 fully saturated rings. The average Bonchev–Trinajstić information content (AvgIpc) is 3.25. The van der Waals surface area contributed by atoms with Gasteiger partial charge < -0.3 is 19.2 Å². The van der Waals surface area contributed by atoms with E-state index in [0.29, 0.717) is 29.5 Å². The van der Waals surface area contributed by atoms with Crippen molar-refractivity contribution in [1.29, 1.82) is 0 Å². The SMILES string of the molecule is COc1ccc(CC(C)CCC(=O)NCc2nc3ccccn3c2Cc2ccccc2)c(Cl)c1OC. The summed E-state index contributed by atoms with van der Waals surface area (Å²) in [5.41, 5.74) is 5.06. The Morgan fingerprint density at radius 2 is 1.83 bits per heavy atom. The molecule has 0 aliphatic rings. The van der Waals surface area contributed by atoms with Crippen molar-refractivity contribution in [1.82, 2.24) is 14.7 Å². The highest BCUT2D eigenvalue weighted by Crippen LogP contribution is 2.38. The molecule has 1 amide bonds. The van der Waals surface area contributed by atoms with Crippen molar-refractivity contribution >= 4 is 23.2 Å².